The summed E-state index contributed by atoms with van der Waals surface area (Å²) >= 11 is 0. The molecule has 0 aliphatic carbocycles. The number of nitrogens with one attached hydrogen (secondary N) is 2. The number of H-pyrrole nitrogens is 1. The molecule has 1 amide bonds. The Morgan fingerprint density at radius 2 is 1.93 bits per heavy atom. The summed E-state index contributed by atoms with van der Waals surface area (Å²) in [5.41, 5.74) is 0.931. The number of aromatic amines is 1. The molecule has 0 radical (unpaired) electrons. The maximum absolute atomic E-state index is 12.2. The van der Waals surface area contributed by atoms with Crippen molar-refractivity contribution in [2.45, 2.75) is 0 Å². The molecule has 0 fully saturated rings. The molecule has 3 N–H and O–H groups in total. The zero-order valence-electron chi connectivity index (χ0n) is 14.7. The summed E-state index contributed by atoms with van der Waals surface area (Å²) in [6, 6.07) is 14.7. The van der Waals surface area contributed by atoms with Gasteiger partial charge in [0.25, 0.3) is 11.5 Å². The number of hydrogen-bond acceptors (Lipinski definition) is 6. The fourth-order valence-corrected chi connectivity index (χ4v) is 2.45. The van der Waals surface area contributed by atoms with Crippen molar-refractivity contribution in [1.29, 1.82) is 0 Å². The number of hydrogen-bond donors (Lipinski definition) is 3. The summed E-state index contributed by atoms with van der Waals surface area (Å²) in [5.74, 6) is -0.658. The van der Waals surface area contributed by atoms with Crippen molar-refractivity contribution < 1.29 is 14.6 Å². The summed E-state index contributed by atoms with van der Waals surface area (Å²) in [6.07, 6.45) is 0.963. The van der Waals surface area contributed by atoms with Crippen LogP contribution >= 0.6 is 0 Å². The van der Waals surface area contributed by atoms with Gasteiger partial charge in [-0.1, -0.05) is 24.3 Å². The van der Waals surface area contributed by atoms with E-state index in [4.69, 9.17) is 4.74 Å². The maximum Gasteiger partial charge on any atom is 0.335 e. The van der Waals surface area contributed by atoms with Crippen molar-refractivity contribution >= 4 is 12.1 Å². The molecule has 1 heterocycles. The molecule has 0 saturated carbocycles. The van der Waals surface area contributed by atoms with Crippen molar-refractivity contribution in [3.8, 4) is 17.3 Å². The van der Waals surface area contributed by atoms with Crippen molar-refractivity contribution in [2.24, 2.45) is 5.10 Å². The van der Waals surface area contributed by atoms with E-state index in [2.05, 4.69) is 15.5 Å². The molecule has 0 bridgehead atoms. The van der Waals surface area contributed by atoms with E-state index in [0.29, 0.717) is 11.3 Å². The molecule has 0 saturated heterocycles. The topological polar surface area (TPSA) is 126 Å². The predicted octanol–water partition coefficient (Wildman–Crippen LogP) is 1.00. The van der Waals surface area contributed by atoms with E-state index in [1.165, 1.54) is 13.2 Å². The second-order valence-electron chi connectivity index (χ2n) is 5.60. The van der Waals surface area contributed by atoms with E-state index in [1.807, 2.05) is 0 Å². The number of rotatable bonds is 5. The summed E-state index contributed by atoms with van der Waals surface area (Å²) in [4.78, 5) is 38.3. The minimum absolute atomic E-state index is 0.279. The number of hydrazone groups is 1. The van der Waals surface area contributed by atoms with Gasteiger partial charge in [0.1, 0.15) is 11.3 Å². The number of carbonyl (C=O) groups is 1. The van der Waals surface area contributed by atoms with Crippen LogP contribution in [0, 0.1) is 0 Å². The normalized spacial score (nSPS) is 10.8. The van der Waals surface area contributed by atoms with Crippen molar-refractivity contribution in [3.05, 3.63) is 86.6 Å². The lowest BCUT2D eigenvalue weighted by molar-refractivity contribution is 0.0955. The summed E-state index contributed by atoms with van der Waals surface area (Å²) in [6.45, 7) is 0. The third-order valence-electron chi connectivity index (χ3n) is 3.83. The zero-order chi connectivity index (χ0) is 20.1. The molecule has 9 heteroatoms. The first-order chi connectivity index (χ1) is 13.5. The first-order valence-electron chi connectivity index (χ1n) is 8.12. The van der Waals surface area contributed by atoms with Crippen molar-refractivity contribution in [3.63, 3.8) is 0 Å². The summed E-state index contributed by atoms with van der Waals surface area (Å²) < 4.78 is 5.99. The van der Waals surface area contributed by atoms with E-state index in [1.54, 1.807) is 48.5 Å². The fraction of sp³-hybridized carbons (Fsp3) is 0.0526. The molecule has 3 rings (SSSR count). The van der Waals surface area contributed by atoms with Crippen molar-refractivity contribution in [1.82, 2.24) is 15.0 Å². The van der Waals surface area contributed by atoms with Crippen LogP contribution in [0.3, 0.4) is 0 Å². The van der Waals surface area contributed by atoms with Gasteiger partial charge in [-0.25, -0.2) is 14.8 Å². The van der Waals surface area contributed by atoms with Crippen molar-refractivity contribution in [2.75, 3.05) is 7.11 Å². The highest BCUT2D eigenvalue weighted by molar-refractivity contribution is 5.94. The molecule has 1 aromatic heterocycles. The highest BCUT2D eigenvalue weighted by atomic mass is 16.5. The molecule has 28 heavy (non-hydrogen) atoms. The van der Waals surface area contributed by atoms with E-state index < -0.39 is 23.0 Å². The third kappa shape index (κ3) is 3.83. The Bertz CT molecular complexity index is 1150. The summed E-state index contributed by atoms with van der Waals surface area (Å²) in [7, 11) is 1.46. The van der Waals surface area contributed by atoms with Crippen LogP contribution in [0.2, 0.25) is 0 Å². The van der Waals surface area contributed by atoms with Crippen LogP contribution in [-0.2, 0) is 0 Å². The Morgan fingerprint density at radius 3 is 2.64 bits per heavy atom. The van der Waals surface area contributed by atoms with E-state index in [0.717, 1.165) is 10.8 Å². The Kier molecular flexibility index (Phi) is 5.35. The van der Waals surface area contributed by atoms with Crippen LogP contribution in [-0.4, -0.2) is 33.9 Å². The molecule has 0 aliphatic heterocycles. The van der Waals surface area contributed by atoms with E-state index >= 15 is 0 Å². The minimum atomic E-state index is -0.848. The highest BCUT2D eigenvalue weighted by Gasteiger charge is 2.15. The number of aromatic nitrogens is 2. The number of methoxy groups -OCH3 is 1. The molecule has 0 spiro atoms. The minimum Gasteiger partial charge on any atom is -0.497 e. The lowest BCUT2D eigenvalue weighted by Gasteiger charge is -2.10. The molecule has 3 aromatic rings. The SMILES string of the molecule is COc1cccc(-n2c(O)c(/C=N/NC(=O)c3ccccc3)c(=O)[nH]c2=O)c1. The van der Waals surface area contributed by atoms with Gasteiger partial charge < -0.3 is 9.84 Å². The molecule has 142 valence electrons. The highest BCUT2D eigenvalue weighted by Crippen LogP contribution is 2.19. The van der Waals surface area contributed by atoms with E-state index in [-0.39, 0.29) is 11.3 Å². The van der Waals surface area contributed by atoms with Gasteiger partial charge >= 0.3 is 5.69 Å². The first kappa shape index (κ1) is 18.6. The van der Waals surface area contributed by atoms with Crippen LogP contribution in [0.5, 0.6) is 11.6 Å². The molecular formula is C19H16N4O5. The molecule has 0 aliphatic rings. The monoisotopic (exact) mass is 380 g/mol. The fourth-order valence-electron chi connectivity index (χ4n) is 2.45. The second-order valence-corrected chi connectivity index (χ2v) is 5.60. The van der Waals surface area contributed by atoms with Gasteiger partial charge in [0.15, 0.2) is 0 Å². The molecular weight excluding hydrogens is 364 g/mol. The van der Waals surface area contributed by atoms with E-state index in [9.17, 15) is 19.5 Å². The van der Waals surface area contributed by atoms with Gasteiger partial charge in [0, 0.05) is 11.6 Å². The number of aromatic hydroxyl groups is 1. The van der Waals surface area contributed by atoms with Gasteiger partial charge in [0.05, 0.1) is 19.0 Å². The average molecular weight is 380 g/mol. The maximum atomic E-state index is 12.2. The zero-order valence-corrected chi connectivity index (χ0v) is 14.7. The second kappa shape index (κ2) is 8.04. The van der Waals surface area contributed by atoms with Gasteiger partial charge in [-0.05, 0) is 24.3 Å². The van der Waals surface area contributed by atoms with Crippen LogP contribution in [0.1, 0.15) is 15.9 Å². The van der Waals surface area contributed by atoms with Crippen LogP contribution < -0.4 is 21.4 Å². The van der Waals surface area contributed by atoms with Gasteiger partial charge in [-0.15, -0.1) is 0 Å². The first-order valence-corrected chi connectivity index (χ1v) is 8.12. The molecule has 0 unspecified atom stereocenters. The largest absolute Gasteiger partial charge is 0.497 e. The Hall–Kier alpha value is -4.14. The van der Waals surface area contributed by atoms with Gasteiger partial charge in [0.2, 0.25) is 5.88 Å². The molecule has 0 atom stereocenters. The number of ether oxygens (including phenoxy) is 1. The molecule has 9 nitrogen and oxygen atoms in total. The summed E-state index contributed by atoms with van der Waals surface area (Å²) in [5, 5.41) is 14.1. The lowest BCUT2D eigenvalue weighted by Crippen LogP contribution is -2.31. The number of benzene rings is 2. The Labute approximate surface area is 158 Å². The Morgan fingerprint density at radius 1 is 1.18 bits per heavy atom. The predicted molar refractivity (Wildman–Crippen MR) is 102 cm³/mol. The smallest absolute Gasteiger partial charge is 0.335 e. The standard InChI is InChI=1S/C19H16N4O5/c1-28-14-9-5-8-13(10-14)23-18(26)15(17(25)21-19(23)27)11-20-22-16(24)12-6-3-2-4-7-12/h2-11,26H,1H3,(H,22,24)(H,21,25,27)/b20-11+. The number of nitrogens with zero attached hydrogens (tertiary/aromatic N) is 2. The molecule has 2 aromatic carbocycles. The van der Waals surface area contributed by atoms with Gasteiger partial charge in [-0.2, -0.15) is 5.10 Å². The van der Waals surface area contributed by atoms with Crippen LogP contribution in [0.15, 0.2) is 69.3 Å². The van der Waals surface area contributed by atoms with Gasteiger partial charge in [-0.3, -0.25) is 14.6 Å². The average Bonchev–Trinajstić information content (AvgIpc) is 2.71. The third-order valence-corrected chi connectivity index (χ3v) is 3.83. The number of amides is 1. The number of carbonyl (C=O) groups excluding carboxylic acids is 1. The lowest BCUT2D eigenvalue weighted by atomic mass is 10.2. The van der Waals surface area contributed by atoms with Crippen LogP contribution in [0.25, 0.3) is 5.69 Å². The quantitative estimate of drug-likeness (QED) is 0.450. The Balaban J connectivity index is 1.95. The van der Waals surface area contributed by atoms with Crippen LogP contribution in [0.4, 0.5) is 0 Å².